The summed E-state index contributed by atoms with van der Waals surface area (Å²) in [6.45, 7) is 0. The van der Waals surface area contributed by atoms with Crippen LogP contribution in [-0.2, 0) is 13.5 Å². The minimum atomic E-state index is 0.687. The van der Waals surface area contributed by atoms with Crippen LogP contribution in [0.15, 0.2) is 23.7 Å². The first-order valence-corrected chi connectivity index (χ1v) is 5.21. The van der Waals surface area contributed by atoms with E-state index in [1.54, 1.807) is 17.5 Å². The predicted molar refractivity (Wildman–Crippen MR) is 55.3 cm³/mol. The lowest BCUT2D eigenvalue weighted by Gasteiger charge is -1.99. The molecule has 68 valence electrons. The van der Waals surface area contributed by atoms with Crippen molar-refractivity contribution >= 4 is 22.9 Å². The quantitative estimate of drug-likeness (QED) is 0.749. The zero-order valence-corrected chi connectivity index (χ0v) is 8.77. The van der Waals surface area contributed by atoms with E-state index >= 15 is 0 Å². The zero-order valence-electron chi connectivity index (χ0n) is 7.20. The average Bonchev–Trinajstić information content (AvgIpc) is 2.71. The molecule has 0 atom stereocenters. The van der Waals surface area contributed by atoms with E-state index in [0.29, 0.717) is 5.15 Å². The third kappa shape index (κ3) is 1.76. The molecule has 0 aliphatic heterocycles. The molecular formula is C9H9ClN2S. The molecule has 0 aliphatic rings. The fourth-order valence-electron chi connectivity index (χ4n) is 1.16. The molecule has 13 heavy (non-hydrogen) atoms. The first-order valence-electron chi connectivity index (χ1n) is 3.96. The van der Waals surface area contributed by atoms with Gasteiger partial charge in [-0.15, -0.1) is 11.3 Å². The van der Waals surface area contributed by atoms with Gasteiger partial charge in [-0.3, -0.25) is 0 Å². The van der Waals surface area contributed by atoms with Crippen molar-refractivity contribution < 1.29 is 0 Å². The largest absolute Gasteiger partial charge is 0.322 e. The Hall–Kier alpha value is -0.800. The van der Waals surface area contributed by atoms with Crippen LogP contribution in [0.3, 0.4) is 0 Å². The lowest BCUT2D eigenvalue weighted by Crippen LogP contribution is -1.97. The molecule has 0 amide bonds. The number of rotatable bonds is 2. The number of hydrogen-bond donors (Lipinski definition) is 0. The van der Waals surface area contributed by atoms with Crippen LogP contribution in [0.25, 0.3) is 0 Å². The molecule has 0 aromatic carbocycles. The summed E-state index contributed by atoms with van der Waals surface area (Å²) in [5.41, 5.74) is 0. The maximum Gasteiger partial charge on any atom is 0.128 e. The van der Waals surface area contributed by atoms with E-state index in [-0.39, 0.29) is 0 Å². The van der Waals surface area contributed by atoms with E-state index in [2.05, 4.69) is 16.4 Å². The maximum atomic E-state index is 5.87. The monoisotopic (exact) mass is 212 g/mol. The summed E-state index contributed by atoms with van der Waals surface area (Å²) in [6.07, 6.45) is 2.55. The summed E-state index contributed by atoms with van der Waals surface area (Å²) in [5, 5.41) is 2.76. The molecule has 0 fully saturated rings. The highest BCUT2D eigenvalue weighted by Crippen LogP contribution is 2.16. The van der Waals surface area contributed by atoms with Crippen molar-refractivity contribution in [1.82, 2.24) is 9.55 Å². The summed E-state index contributed by atoms with van der Waals surface area (Å²) in [7, 11) is 1.93. The number of thiophene rings is 1. The third-order valence-corrected chi connectivity index (χ3v) is 3.17. The van der Waals surface area contributed by atoms with Gasteiger partial charge in [0.05, 0.1) is 6.20 Å². The van der Waals surface area contributed by atoms with E-state index in [4.69, 9.17) is 11.6 Å². The van der Waals surface area contributed by atoms with E-state index in [9.17, 15) is 0 Å². The number of halogens is 1. The molecule has 0 saturated carbocycles. The van der Waals surface area contributed by atoms with Gasteiger partial charge in [-0.05, 0) is 11.4 Å². The van der Waals surface area contributed by atoms with Crippen molar-refractivity contribution in [3.8, 4) is 0 Å². The number of aromatic nitrogens is 2. The summed E-state index contributed by atoms with van der Waals surface area (Å²) >= 11 is 7.61. The molecule has 2 aromatic heterocycles. The Kier molecular flexibility index (Phi) is 2.38. The number of imidazole rings is 1. The van der Waals surface area contributed by atoms with Gasteiger partial charge in [-0.2, -0.15) is 0 Å². The Morgan fingerprint density at radius 3 is 3.00 bits per heavy atom. The van der Waals surface area contributed by atoms with E-state index in [1.807, 2.05) is 17.7 Å². The van der Waals surface area contributed by atoms with Gasteiger partial charge in [0.15, 0.2) is 0 Å². The van der Waals surface area contributed by atoms with Crippen LogP contribution in [0.4, 0.5) is 0 Å². The van der Waals surface area contributed by atoms with Crippen molar-refractivity contribution in [1.29, 1.82) is 0 Å². The Labute approximate surface area is 85.8 Å². The van der Waals surface area contributed by atoms with Crippen molar-refractivity contribution in [3.05, 3.63) is 39.6 Å². The van der Waals surface area contributed by atoms with Crippen LogP contribution in [-0.4, -0.2) is 9.55 Å². The smallest absolute Gasteiger partial charge is 0.128 e. The number of nitrogens with zero attached hydrogens (tertiary/aromatic N) is 2. The van der Waals surface area contributed by atoms with Crippen molar-refractivity contribution in [2.24, 2.45) is 7.05 Å². The van der Waals surface area contributed by atoms with E-state index in [1.165, 1.54) is 4.88 Å². The highest BCUT2D eigenvalue weighted by Gasteiger charge is 2.05. The molecule has 0 bridgehead atoms. The SMILES string of the molecule is Cn1c(Cl)cnc1Cc1cccs1. The van der Waals surface area contributed by atoms with Gasteiger partial charge in [-0.25, -0.2) is 4.98 Å². The van der Waals surface area contributed by atoms with E-state index in [0.717, 1.165) is 12.2 Å². The minimum absolute atomic E-state index is 0.687. The molecule has 0 unspecified atom stereocenters. The standard InChI is InChI=1S/C9H9ClN2S/c1-12-8(10)6-11-9(12)5-7-3-2-4-13-7/h2-4,6H,5H2,1H3. The van der Waals surface area contributed by atoms with Crippen molar-refractivity contribution in [2.45, 2.75) is 6.42 Å². The summed E-state index contributed by atoms with van der Waals surface area (Å²) in [5.74, 6) is 1.01. The molecule has 0 radical (unpaired) electrons. The molecule has 0 aliphatic carbocycles. The second kappa shape index (κ2) is 3.52. The molecule has 2 rings (SSSR count). The van der Waals surface area contributed by atoms with Gasteiger partial charge < -0.3 is 4.57 Å². The Morgan fingerprint density at radius 2 is 2.46 bits per heavy atom. The van der Waals surface area contributed by atoms with Gasteiger partial charge in [-0.1, -0.05) is 17.7 Å². The molecule has 2 heterocycles. The molecule has 4 heteroatoms. The summed E-state index contributed by atoms with van der Waals surface area (Å²) in [4.78, 5) is 5.54. The fourth-order valence-corrected chi connectivity index (χ4v) is 2.01. The van der Waals surface area contributed by atoms with Crippen LogP contribution in [0.2, 0.25) is 5.15 Å². The molecule has 0 saturated heterocycles. The van der Waals surface area contributed by atoms with E-state index < -0.39 is 0 Å². The Bertz CT molecular complexity index is 392. The first kappa shape index (κ1) is 8.78. The van der Waals surface area contributed by atoms with Crippen LogP contribution in [0, 0.1) is 0 Å². The first-order chi connectivity index (χ1) is 6.27. The molecular weight excluding hydrogens is 204 g/mol. The number of hydrogen-bond acceptors (Lipinski definition) is 2. The minimum Gasteiger partial charge on any atom is -0.322 e. The van der Waals surface area contributed by atoms with Crippen LogP contribution < -0.4 is 0 Å². The third-order valence-electron chi connectivity index (χ3n) is 1.94. The second-order valence-electron chi connectivity index (χ2n) is 2.81. The lowest BCUT2D eigenvalue weighted by atomic mass is 10.3. The van der Waals surface area contributed by atoms with Crippen LogP contribution in [0.5, 0.6) is 0 Å². The molecule has 2 nitrogen and oxygen atoms in total. The average molecular weight is 213 g/mol. The van der Waals surface area contributed by atoms with Crippen molar-refractivity contribution in [3.63, 3.8) is 0 Å². The van der Waals surface area contributed by atoms with Gasteiger partial charge >= 0.3 is 0 Å². The highest BCUT2D eigenvalue weighted by molar-refractivity contribution is 7.09. The topological polar surface area (TPSA) is 17.8 Å². The highest BCUT2D eigenvalue weighted by atomic mass is 35.5. The van der Waals surface area contributed by atoms with Crippen molar-refractivity contribution in [2.75, 3.05) is 0 Å². The van der Waals surface area contributed by atoms with Gasteiger partial charge in [0, 0.05) is 18.3 Å². The maximum absolute atomic E-state index is 5.87. The molecule has 0 N–H and O–H groups in total. The second-order valence-corrected chi connectivity index (χ2v) is 4.23. The van der Waals surface area contributed by atoms with Crippen LogP contribution >= 0.6 is 22.9 Å². The predicted octanol–water partition coefficient (Wildman–Crippen LogP) is 2.73. The zero-order chi connectivity index (χ0) is 9.26. The Morgan fingerprint density at radius 1 is 1.62 bits per heavy atom. The Balaban J connectivity index is 2.24. The van der Waals surface area contributed by atoms with Gasteiger partial charge in [0.1, 0.15) is 11.0 Å². The van der Waals surface area contributed by atoms with Gasteiger partial charge in [0.2, 0.25) is 0 Å². The lowest BCUT2D eigenvalue weighted by molar-refractivity contribution is 0.827. The molecule has 2 aromatic rings. The summed E-state index contributed by atoms with van der Waals surface area (Å²) in [6, 6.07) is 4.15. The normalized spacial score (nSPS) is 10.6. The summed E-state index contributed by atoms with van der Waals surface area (Å²) < 4.78 is 1.90. The van der Waals surface area contributed by atoms with Crippen LogP contribution in [0.1, 0.15) is 10.7 Å². The van der Waals surface area contributed by atoms with Gasteiger partial charge in [0.25, 0.3) is 0 Å². The molecule has 0 spiro atoms. The fraction of sp³-hybridized carbons (Fsp3) is 0.222.